The minimum absolute atomic E-state index is 0.109. The van der Waals surface area contributed by atoms with E-state index in [9.17, 15) is 14.7 Å². The van der Waals surface area contributed by atoms with E-state index in [0.717, 1.165) is 12.1 Å². The van der Waals surface area contributed by atoms with Gasteiger partial charge in [0.2, 0.25) is 0 Å². The van der Waals surface area contributed by atoms with Crippen molar-refractivity contribution in [3.05, 3.63) is 17.5 Å². The van der Waals surface area contributed by atoms with Gasteiger partial charge in [-0.05, 0) is 26.2 Å². The van der Waals surface area contributed by atoms with Crippen molar-refractivity contribution in [2.75, 3.05) is 13.1 Å². The summed E-state index contributed by atoms with van der Waals surface area (Å²) in [6, 6.07) is 0. The van der Waals surface area contributed by atoms with E-state index in [0.29, 0.717) is 24.9 Å². The quantitative estimate of drug-likeness (QED) is 0.905. The average Bonchev–Trinajstić information content (AvgIpc) is 2.79. The van der Waals surface area contributed by atoms with Crippen LogP contribution in [0.4, 0.5) is 0 Å². The predicted molar refractivity (Wildman–Crippen MR) is 73.5 cm³/mol. The summed E-state index contributed by atoms with van der Waals surface area (Å²) >= 11 is 0. The van der Waals surface area contributed by atoms with Crippen LogP contribution in [0.3, 0.4) is 0 Å². The number of piperidine rings is 1. The van der Waals surface area contributed by atoms with Crippen LogP contribution in [0.2, 0.25) is 0 Å². The van der Waals surface area contributed by atoms with E-state index in [2.05, 4.69) is 5.10 Å². The summed E-state index contributed by atoms with van der Waals surface area (Å²) in [5.41, 5.74) is 0.507. The van der Waals surface area contributed by atoms with Crippen LogP contribution in [-0.2, 0) is 18.3 Å². The molecule has 6 nitrogen and oxygen atoms in total. The lowest BCUT2D eigenvalue weighted by atomic mass is 9.82. The average molecular weight is 279 g/mol. The molecule has 0 aliphatic carbocycles. The van der Waals surface area contributed by atoms with E-state index in [-0.39, 0.29) is 12.5 Å². The van der Waals surface area contributed by atoms with E-state index in [1.165, 1.54) is 0 Å². The standard InChI is InChI=1S/C14H21N3O3/c1-4-11-10(8-16(3)15-11)12(18)17-7-5-6-14(2,9-17)13(19)20/h8H,4-7,9H2,1-3H3,(H,19,20). The molecule has 1 N–H and O–H groups in total. The number of amides is 1. The van der Waals surface area contributed by atoms with Crippen LogP contribution < -0.4 is 0 Å². The summed E-state index contributed by atoms with van der Waals surface area (Å²) in [6.07, 6.45) is 3.73. The molecule has 1 amide bonds. The largest absolute Gasteiger partial charge is 0.481 e. The normalized spacial score (nSPS) is 22.9. The van der Waals surface area contributed by atoms with Crippen LogP contribution in [0.1, 0.15) is 42.7 Å². The molecule has 1 aromatic rings. The monoisotopic (exact) mass is 279 g/mol. The summed E-state index contributed by atoms with van der Waals surface area (Å²) < 4.78 is 1.63. The third-order valence-electron chi connectivity index (χ3n) is 3.97. The lowest BCUT2D eigenvalue weighted by molar-refractivity contribution is -0.150. The molecule has 0 aromatic carbocycles. The molecular formula is C14H21N3O3. The van der Waals surface area contributed by atoms with Crippen LogP contribution in [-0.4, -0.2) is 44.8 Å². The minimum atomic E-state index is -0.845. The topological polar surface area (TPSA) is 75.4 Å². The zero-order valence-corrected chi connectivity index (χ0v) is 12.2. The highest BCUT2D eigenvalue weighted by Gasteiger charge is 2.40. The number of aliphatic carboxylic acids is 1. The van der Waals surface area contributed by atoms with Crippen molar-refractivity contribution in [1.82, 2.24) is 14.7 Å². The Balaban J connectivity index is 2.22. The predicted octanol–water partition coefficient (Wildman–Crippen LogP) is 1.31. The second-order valence-electron chi connectivity index (χ2n) is 5.71. The minimum Gasteiger partial charge on any atom is -0.481 e. The fourth-order valence-corrected chi connectivity index (χ4v) is 2.73. The Hall–Kier alpha value is -1.85. The second kappa shape index (κ2) is 5.26. The van der Waals surface area contributed by atoms with Crippen LogP contribution in [0, 0.1) is 5.41 Å². The van der Waals surface area contributed by atoms with E-state index >= 15 is 0 Å². The number of rotatable bonds is 3. The van der Waals surface area contributed by atoms with Crippen LogP contribution in [0.25, 0.3) is 0 Å². The number of aryl methyl sites for hydroxylation is 2. The van der Waals surface area contributed by atoms with Crippen molar-refractivity contribution in [2.45, 2.75) is 33.1 Å². The third-order valence-corrected chi connectivity index (χ3v) is 3.97. The van der Waals surface area contributed by atoms with Gasteiger partial charge in [-0.2, -0.15) is 5.10 Å². The highest BCUT2D eigenvalue weighted by Crippen LogP contribution is 2.30. The number of likely N-dealkylation sites (tertiary alicyclic amines) is 1. The molecular weight excluding hydrogens is 258 g/mol. The molecule has 1 aliphatic rings. The van der Waals surface area contributed by atoms with Crippen LogP contribution >= 0.6 is 0 Å². The zero-order valence-electron chi connectivity index (χ0n) is 12.2. The second-order valence-corrected chi connectivity index (χ2v) is 5.71. The molecule has 1 aromatic heterocycles. The van der Waals surface area contributed by atoms with Gasteiger partial charge in [-0.3, -0.25) is 14.3 Å². The van der Waals surface area contributed by atoms with Crippen molar-refractivity contribution >= 4 is 11.9 Å². The van der Waals surface area contributed by atoms with Crippen molar-refractivity contribution in [3.8, 4) is 0 Å². The number of nitrogens with zero attached hydrogens (tertiary/aromatic N) is 3. The molecule has 6 heteroatoms. The van der Waals surface area contributed by atoms with Gasteiger partial charge in [0.05, 0.1) is 16.7 Å². The number of hydrogen-bond acceptors (Lipinski definition) is 3. The smallest absolute Gasteiger partial charge is 0.311 e. The highest BCUT2D eigenvalue weighted by molar-refractivity contribution is 5.95. The number of carbonyl (C=O) groups excluding carboxylic acids is 1. The van der Waals surface area contributed by atoms with Crippen LogP contribution in [0.5, 0.6) is 0 Å². The molecule has 20 heavy (non-hydrogen) atoms. The molecule has 0 bridgehead atoms. The van der Waals surface area contributed by atoms with Crippen molar-refractivity contribution in [2.24, 2.45) is 12.5 Å². The Bertz CT molecular complexity index is 538. The van der Waals surface area contributed by atoms with Crippen molar-refractivity contribution < 1.29 is 14.7 Å². The lowest BCUT2D eigenvalue weighted by Gasteiger charge is -2.37. The van der Waals surface area contributed by atoms with Gasteiger partial charge >= 0.3 is 5.97 Å². The van der Waals surface area contributed by atoms with E-state index < -0.39 is 11.4 Å². The van der Waals surface area contributed by atoms with Gasteiger partial charge in [0, 0.05) is 26.3 Å². The summed E-state index contributed by atoms with van der Waals surface area (Å²) in [5.74, 6) is -0.945. The Morgan fingerprint density at radius 1 is 1.50 bits per heavy atom. The summed E-state index contributed by atoms with van der Waals surface area (Å²) in [6.45, 7) is 4.54. The number of hydrogen-bond donors (Lipinski definition) is 1. The Morgan fingerprint density at radius 2 is 2.20 bits per heavy atom. The molecule has 0 saturated carbocycles. The van der Waals surface area contributed by atoms with Crippen molar-refractivity contribution in [3.63, 3.8) is 0 Å². The number of carboxylic acid groups (broad SMARTS) is 1. The number of carbonyl (C=O) groups is 2. The Labute approximate surface area is 118 Å². The maximum Gasteiger partial charge on any atom is 0.311 e. The van der Waals surface area contributed by atoms with Gasteiger partial charge in [-0.15, -0.1) is 0 Å². The first kappa shape index (κ1) is 14.6. The van der Waals surface area contributed by atoms with Crippen LogP contribution in [0.15, 0.2) is 6.20 Å². The number of aromatic nitrogens is 2. The molecule has 1 atom stereocenters. The van der Waals surface area contributed by atoms with E-state index in [4.69, 9.17) is 0 Å². The maximum absolute atomic E-state index is 12.6. The molecule has 1 fully saturated rings. The Kier molecular flexibility index (Phi) is 3.83. The highest BCUT2D eigenvalue weighted by atomic mass is 16.4. The van der Waals surface area contributed by atoms with E-state index in [1.54, 1.807) is 29.7 Å². The fraction of sp³-hybridized carbons (Fsp3) is 0.643. The first-order valence-electron chi connectivity index (χ1n) is 6.92. The molecule has 2 heterocycles. The summed E-state index contributed by atoms with van der Waals surface area (Å²) in [7, 11) is 1.79. The van der Waals surface area contributed by atoms with Crippen molar-refractivity contribution in [1.29, 1.82) is 0 Å². The van der Waals surface area contributed by atoms with Gasteiger partial charge in [-0.25, -0.2) is 0 Å². The molecule has 1 unspecified atom stereocenters. The molecule has 2 rings (SSSR count). The first-order chi connectivity index (χ1) is 9.37. The summed E-state index contributed by atoms with van der Waals surface area (Å²) in [4.78, 5) is 25.6. The maximum atomic E-state index is 12.6. The molecule has 110 valence electrons. The molecule has 1 aliphatic heterocycles. The van der Waals surface area contributed by atoms with Gasteiger partial charge in [0.25, 0.3) is 5.91 Å². The van der Waals surface area contributed by atoms with Gasteiger partial charge < -0.3 is 10.0 Å². The molecule has 0 radical (unpaired) electrons. The first-order valence-corrected chi connectivity index (χ1v) is 6.92. The fourth-order valence-electron chi connectivity index (χ4n) is 2.73. The van der Waals surface area contributed by atoms with Gasteiger partial charge in [0.1, 0.15) is 0 Å². The zero-order chi connectivity index (χ0) is 14.9. The lowest BCUT2D eigenvalue weighted by Crippen LogP contribution is -2.48. The number of carboxylic acids is 1. The summed E-state index contributed by atoms with van der Waals surface area (Å²) in [5, 5.41) is 13.6. The third kappa shape index (κ3) is 2.55. The molecule has 0 spiro atoms. The van der Waals surface area contributed by atoms with E-state index in [1.807, 2.05) is 6.92 Å². The SMILES string of the molecule is CCc1nn(C)cc1C(=O)N1CCCC(C)(C(=O)O)C1. The molecule has 1 saturated heterocycles. The Morgan fingerprint density at radius 3 is 2.80 bits per heavy atom. The van der Waals surface area contributed by atoms with Gasteiger partial charge in [-0.1, -0.05) is 6.92 Å². The van der Waals surface area contributed by atoms with Gasteiger partial charge in [0.15, 0.2) is 0 Å².